The minimum Gasteiger partial charge on any atom is -0.366 e. The molecule has 0 saturated carbocycles. The lowest BCUT2D eigenvalue weighted by atomic mass is 10.1. The van der Waals surface area contributed by atoms with Crippen LogP contribution in [-0.4, -0.2) is 32.3 Å². The summed E-state index contributed by atoms with van der Waals surface area (Å²) in [5.74, 6) is -0.585. The van der Waals surface area contributed by atoms with Crippen molar-refractivity contribution in [2.45, 2.75) is 37.2 Å². The highest BCUT2D eigenvalue weighted by Gasteiger charge is 2.16. The lowest BCUT2D eigenvalue weighted by molar-refractivity contribution is 0.1000. The number of benzene rings is 2. The van der Waals surface area contributed by atoms with Gasteiger partial charge in [0, 0.05) is 18.7 Å². The molecule has 0 atom stereocenters. The van der Waals surface area contributed by atoms with Gasteiger partial charge in [0.2, 0.25) is 15.9 Å². The standard InChI is InChI=1S/C20H25N3O3S/c21-20(24)16-8-10-19(11-9-16)27(25,26)22-14-17-6-2-3-7-18(17)15-23-12-4-1-5-13-23/h2-3,6-11,22H,1,4-5,12-15H2,(H2,21,24). The highest BCUT2D eigenvalue weighted by atomic mass is 32.2. The minimum atomic E-state index is -3.67. The van der Waals surface area contributed by atoms with Crippen LogP contribution in [0.4, 0.5) is 0 Å². The number of rotatable bonds is 7. The van der Waals surface area contributed by atoms with E-state index < -0.39 is 15.9 Å². The smallest absolute Gasteiger partial charge is 0.248 e. The molecule has 0 spiro atoms. The molecule has 1 heterocycles. The van der Waals surface area contributed by atoms with Crippen LogP contribution in [0.25, 0.3) is 0 Å². The van der Waals surface area contributed by atoms with E-state index in [1.807, 2.05) is 18.2 Å². The van der Waals surface area contributed by atoms with E-state index in [0.717, 1.165) is 30.8 Å². The van der Waals surface area contributed by atoms with E-state index in [-0.39, 0.29) is 17.0 Å². The summed E-state index contributed by atoms with van der Waals surface area (Å²) in [5.41, 5.74) is 7.59. The topological polar surface area (TPSA) is 92.5 Å². The van der Waals surface area contributed by atoms with Crippen LogP contribution in [0, 0.1) is 0 Å². The summed E-state index contributed by atoms with van der Waals surface area (Å²) in [6.07, 6.45) is 3.72. The van der Waals surface area contributed by atoms with Crippen LogP contribution in [0.3, 0.4) is 0 Å². The second-order valence-corrected chi connectivity index (χ2v) is 8.59. The SMILES string of the molecule is NC(=O)c1ccc(S(=O)(=O)NCc2ccccc2CN2CCCCC2)cc1. The van der Waals surface area contributed by atoms with Crippen molar-refractivity contribution in [2.24, 2.45) is 5.73 Å². The molecule has 0 aliphatic carbocycles. The monoisotopic (exact) mass is 387 g/mol. The number of nitrogens with one attached hydrogen (secondary N) is 1. The first-order chi connectivity index (χ1) is 13.0. The maximum Gasteiger partial charge on any atom is 0.248 e. The van der Waals surface area contributed by atoms with Crippen molar-refractivity contribution in [3.63, 3.8) is 0 Å². The molecule has 27 heavy (non-hydrogen) atoms. The van der Waals surface area contributed by atoms with E-state index in [2.05, 4.69) is 15.7 Å². The van der Waals surface area contributed by atoms with Gasteiger partial charge >= 0.3 is 0 Å². The normalized spacial score (nSPS) is 15.6. The van der Waals surface area contributed by atoms with Crippen molar-refractivity contribution in [2.75, 3.05) is 13.1 Å². The van der Waals surface area contributed by atoms with Crippen LogP contribution in [0.15, 0.2) is 53.4 Å². The lowest BCUT2D eigenvalue weighted by Crippen LogP contribution is -2.30. The predicted molar refractivity (Wildman–Crippen MR) is 105 cm³/mol. The van der Waals surface area contributed by atoms with Gasteiger partial charge in [-0.05, 0) is 61.3 Å². The molecule has 6 nitrogen and oxygen atoms in total. The summed E-state index contributed by atoms with van der Waals surface area (Å²) in [4.78, 5) is 13.7. The van der Waals surface area contributed by atoms with Gasteiger partial charge in [0.25, 0.3) is 0 Å². The van der Waals surface area contributed by atoms with Gasteiger partial charge < -0.3 is 5.73 Å². The number of likely N-dealkylation sites (tertiary alicyclic amines) is 1. The van der Waals surface area contributed by atoms with E-state index in [4.69, 9.17) is 5.73 Å². The van der Waals surface area contributed by atoms with Gasteiger partial charge in [-0.2, -0.15) is 0 Å². The molecule has 1 saturated heterocycles. The zero-order valence-electron chi connectivity index (χ0n) is 15.2. The molecule has 1 amide bonds. The number of sulfonamides is 1. The summed E-state index contributed by atoms with van der Waals surface area (Å²) in [5, 5.41) is 0. The van der Waals surface area contributed by atoms with Crippen molar-refractivity contribution in [3.8, 4) is 0 Å². The van der Waals surface area contributed by atoms with E-state index in [1.54, 1.807) is 0 Å². The molecule has 7 heteroatoms. The van der Waals surface area contributed by atoms with Crippen molar-refractivity contribution in [3.05, 3.63) is 65.2 Å². The largest absolute Gasteiger partial charge is 0.366 e. The van der Waals surface area contributed by atoms with Crippen LogP contribution >= 0.6 is 0 Å². The summed E-state index contributed by atoms with van der Waals surface area (Å²) in [6.45, 7) is 3.24. The van der Waals surface area contributed by atoms with Crippen molar-refractivity contribution in [1.82, 2.24) is 9.62 Å². The Kier molecular flexibility index (Phi) is 6.26. The summed E-state index contributed by atoms with van der Waals surface area (Å²) < 4.78 is 27.8. The summed E-state index contributed by atoms with van der Waals surface area (Å²) >= 11 is 0. The lowest BCUT2D eigenvalue weighted by Gasteiger charge is -2.27. The Morgan fingerprint density at radius 2 is 1.59 bits per heavy atom. The first kappa shape index (κ1) is 19.5. The fourth-order valence-corrected chi connectivity index (χ4v) is 4.30. The number of nitrogens with two attached hydrogens (primary N) is 1. The van der Waals surface area contributed by atoms with Gasteiger partial charge in [-0.15, -0.1) is 0 Å². The molecule has 3 rings (SSSR count). The molecule has 2 aromatic rings. The third kappa shape index (κ3) is 5.15. The number of amides is 1. The van der Waals surface area contributed by atoms with Crippen LogP contribution < -0.4 is 10.5 Å². The van der Waals surface area contributed by atoms with Gasteiger partial charge in [0.15, 0.2) is 0 Å². The summed E-state index contributed by atoms with van der Waals surface area (Å²) in [7, 11) is -3.67. The molecule has 0 unspecified atom stereocenters. The molecule has 0 aromatic heterocycles. The molecule has 0 radical (unpaired) electrons. The van der Waals surface area contributed by atoms with Crippen molar-refractivity contribution >= 4 is 15.9 Å². The number of carbonyl (C=O) groups excluding carboxylic acids is 1. The zero-order chi connectivity index (χ0) is 19.3. The van der Waals surface area contributed by atoms with Gasteiger partial charge in [-0.1, -0.05) is 30.7 Å². The first-order valence-corrected chi connectivity index (χ1v) is 10.6. The second-order valence-electron chi connectivity index (χ2n) is 6.82. The maximum absolute atomic E-state index is 12.6. The molecular formula is C20H25N3O3S. The Morgan fingerprint density at radius 3 is 2.22 bits per heavy atom. The Hall–Kier alpha value is -2.22. The molecule has 1 aliphatic heterocycles. The third-order valence-corrected chi connectivity index (χ3v) is 6.28. The molecule has 1 aliphatic rings. The third-order valence-electron chi connectivity index (χ3n) is 4.86. The fraction of sp³-hybridized carbons (Fsp3) is 0.350. The molecule has 144 valence electrons. The van der Waals surface area contributed by atoms with Gasteiger partial charge in [0.1, 0.15) is 0 Å². The van der Waals surface area contributed by atoms with Crippen LogP contribution in [0.1, 0.15) is 40.7 Å². The average Bonchev–Trinajstić information content (AvgIpc) is 2.68. The van der Waals surface area contributed by atoms with Gasteiger partial charge in [0.05, 0.1) is 4.90 Å². The fourth-order valence-electron chi connectivity index (χ4n) is 3.30. The van der Waals surface area contributed by atoms with Gasteiger partial charge in [-0.25, -0.2) is 13.1 Å². The van der Waals surface area contributed by atoms with E-state index in [1.165, 1.54) is 43.5 Å². The minimum absolute atomic E-state index is 0.112. The number of nitrogens with zero attached hydrogens (tertiary/aromatic N) is 1. The highest BCUT2D eigenvalue weighted by molar-refractivity contribution is 7.89. The number of carbonyl (C=O) groups is 1. The maximum atomic E-state index is 12.6. The van der Waals surface area contributed by atoms with E-state index in [0.29, 0.717) is 0 Å². The van der Waals surface area contributed by atoms with E-state index in [9.17, 15) is 13.2 Å². The molecular weight excluding hydrogens is 362 g/mol. The predicted octanol–water partition coefficient (Wildman–Crippen LogP) is 2.25. The Balaban J connectivity index is 1.69. The Morgan fingerprint density at radius 1 is 0.963 bits per heavy atom. The number of hydrogen-bond donors (Lipinski definition) is 2. The second kappa shape index (κ2) is 8.65. The number of hydrogen-bond acceptors (Lipinski definition) is 4. The molecule has 0 bridgehead atoms. The average molecular weight is 388 g/mol. The molecule has 2 aromatic carbocycles. The highest BCUT2D eigenvalue weighted by Crippen LogP contribution is 2.17. The van der Waals surface area contributed by atoms with E-state index >= 15 is 0 Å². The van der Waals surface area contributed by atoms with Crippen LogP contribution in [0.2, 0.25) is 0 Å². The number of primary amides is 1. The van der Waals surface area contributed by atoms with Crippen molar-refractivity contribution in [1.29, 1.82) is 0 Å². The molecule has 1 fully saturated rings. The zero-order valence-corrected chi connectivity index (χ0v) is 16.0. The Labute approximate surface area is 160 Å². The van der Waals surface area contributed by atoms with Crippen LogP contribution in [-0.2, 0) is 23.1 Å². The molecule has 3 N–H and O–H groups in total. The van der Waals surface area contributed by atoms with Gasteiger partial charge in [-0.3, -0.25) is 9.69 Å². The van der Waals surface area contributed by atoms with Crippen LogP contribution in [0.5, 0.6) is 0 Å². The summed E-state index contributed by atoms with van der Waals surface area (Å²) in [6, 6.07) is 13.5. The number of piperidine rings is 1. The van der Waals surface area contributed by atoms with Crippen molar-refractivity contribution < 1.29 is 13.2 Å². The quantitative estimate of drug-likeness (QED) is 0.762. The Bertz CT molecular complexity index is 889. The first-order valence-electron chi connectivity index (χ1n) is 9.14.